The van der Waals surface area contributed by atoms with E-state index in [0.717, 1.165) is 29.6 Å². The normalized spacial score (nSPS) is 13.5. The molecule has 25 heavy (non-hydrogen) atoms. The Morgan fingerprint density at radius 1 is 1.28 bits per heavy atom. The SMILES string of the molecule is C=NC(=C(C(=C)CCC)c1ccccc1)C(C)NC(=O)OC(C)(C)C. The fraction of sp³-hybridized carbons (Fsp3) is 0.429. The largest absolute Gasteiger partial charge is 0.444 e. The van der Waals surface area contributed by atoms with Crippen LogP contribution in [0.4, 0.5) is 4.79 Å². The van der Waals surface area contributed by atoms with E-state index in [9.17, 15) is 4.79 Å². The summed E-state index contributed by atoms with van der Waals surface area (Å²) in [6.07, 6.45) is 1.35. The number of carbonyl (C=O) groups is 1. The molecule has 0 aliphatic heterocycles. The monoisotopic (exact) mass is 342 g/mol. The molecule has 0 spiro atoms. The number of hydrogen-bond donors (Lipinski definition) is 1. The number of rotatable bonds is 7. The first kappa shape index (κ1) is 20.7. The summed E-state index contributed by atoms with van der Waals surface area (Å²) in [5.74, 6) is 0. The lowest BCUT2D eigenvalue weighted by molar-refractivity contribution is 0.0515. The molecule has 0 saturated carbocycles. The highest BCUT2D eigenvalue weighted by Crippen LogP contribution is 2.30. The van der Waals surface area contributed by atoms with E-state index in [-0.39, 0.29) is 6.04 Å². The third-order valence-corrected chi connectivity index (χ3v) is 3.54. The molecule has 0 aromatic heterocycles. The zero-order valence-electron chi connectivity index (χ0n) is 16.1. The van der Waals surface area contributed by atoms with Gasteiger partial charge in [0.15, 0.2) is 0 Å². The summed E-state index contributed by atoms with van der Waals surface area (Å²) < 4.78 is 5.34. The average Bonchev–Trinajstić information content (AvgIpc) is 2.51. The predicted octanol–water partition coefficient (Wildman–Crippen LogP) is 5.37. The second-order valence-corrected chi connectivity index (χ2v) is 7.01. The predicted molar refractivity (Wildman–Crippen MR) is 106 cm³/mol. The fourth-order valence-corrected chi connectivity index (χ4v) is 2.55. The van der Waals surface area contributed by atoms with Crippen LogP contribution in [0, 0.1) is 0 Å². The summed E-state index contributed by atoms with van der Waals surface area (Å²) in [4.78, 5) is 16.3. The van der Waals surface area contributed by atoms with Crippen molar-refractivity contribution >= 4 is 18.4 Å². The van der Waals surface area contributed by atoms with E-state index >= 15 is 0 Å². The van der Waals surface area contributed by atoms with E-state index in [1.807, 2.05) is 58.0 Å². The van der Waals surface area contributed by atoms with Gasteiger partial charge in [-0.1, -0.05) is 50.3 Å². The molecule has 1 rings (SSSR count). The fourth-order valence-electron chi connectivity index (χ4n) is 2.55. The molecule has 1 aromatic rings. The van der Waals surface area contributed by atoms with E-state index in [0.29, 0.717) is 5.70 Å². The summed E-state index contributed by atoms with van der Waals surface area (Å²) in [7, 11) is 0. The van der Waals surface area contributed by atoms with Crippen LogP contribution in [0.3, 0.4) is 0 Å². The second kappa shape index (κ2) is 9.21. The zero-order valence-corrected chi connectivity index (χ0v) is 16.1. The number of nitrogens with one attached hydrogen (secondary N) is 1. The van der Waals surface area contributed by atoms with Crippen molar-refractivity contribution in [2.45, 2.75) is 59.1 Å². The molecule has 0 aliphatic rings. The van der Waals surface area contributed by atoms with Gasteiger partial charge in [-0.3, -0.25) is 4.99 Å². The standard InChI is InChI=1S/C21H30N2O2/c1-8-12-15(2)18(17-13-10-9-11-14-17)19(22-7)16(3)23-20(24)25-21(4,5)6/h9-11,13-14,16H,2,7-8,12H2,1,3-6H3,(H,23,24). The van der Waals surface area contributed by atoms with E-state index in [4.69, 9.17) is 4.74 Å². The number of hydrogen-bond acceptors (Lipinski definition) is 3. The minimum absolute atomic E-state index is 0.351. The second-order valence-electron chi connectivity index (χ2n) is 7.01. The van der Waals surface area contributed by atoms with Crippen molar-refractivity contribution in [3.8, 4) is 0 Å². The number of ether oxygens (including phenoxy) is 1. The van der Waals surface area contributed by atoms with Gasteiger partial charge in [0.05, 0.1) is 11.7 Å². The molecule has 1 unspecified atom stereocenters. The van der Waals surface area contributed by atoms with Crippen molar-refractivity contribution < 1.29 is 9.53 Å². The van der Waals surface area contributed by atoms with Gasteiger partial charge in [0, 0.05) is 5.57 Å². The average molecular weight is 342 g/mol. The molecule has 1 aromatic carbocycles. The number of benzene rings is 1. The first-order valence-corrected chi connectivity index (χ1v) is 8.63. The Balaban J connectivity index is 3.22. The van der Waals surface area contributed by atoms with Gasteiger partial charge in [-0.05, 0) is 52.0 Å². The Morgan fingerprint density at radius 3 is 2.36 bits per heavy atom. The highest BCUT2D eigenvalue weighted by atomic mass is 16.6. The maximum absolute atomic E-state index is 12.1. The molecule has 1 atom stereocenters. The summed E-state index contributed by atoms with van der Waals surface area (Å²) >= 11 is 0. The van der Waals surface area contributed by atoms with Gasteiger partial charge < -0.3 is 10.1 Å². The smallest absolute Gasteiger partial charge is 0.408 e. The summed E-state index contributed by atoms with van der Waals surface area (Å²) in [5, 5.41) is 2.84. The van der Waals surface area contributed by atoms with Crippen LogP contribution < -0.4 is 5.32 Å². The Bertz CT molecular complexity index is 640. The third kappa shape index (κ3) is 6.57. The number of nitrogens with zero attached hydrogens (tertiary/aromatic N) is 1. The summed E-state index contributed by atoms with van der Waals surface area (Å²) in [6.45, 7) is 17.4. The molecule has 0 aliphatic carbocycles. The minimum atomic E-state index is -0.552. The third-order valence-electron chi connectivity index (χ3n) is 3.54. The van der Waals surface area contributed by atoms with Crippen LogP contribution in [0.25, 0.3) is 5.57 Å². The summed E-state index contributed by atoms with van der Waals surface area (Å²) in [5.41, 5.74) is 3.07. The maximum atomic E-state index is 12.1. The van der Waals surface area contributed by atoms with Gasteiger partial charge in [0.25, 0.3) is 0 Å². The van der Waals surface area contributed by atoms with Crippen molar-refractivity contribution in [1.82, 2.24) is 5.32 Å². The molecular formula is C21H30N2O2. The van der Waals surface area contributed by atoms with Crippen molar-refractivity contribution in [2.24, 2.45) is 4.99 Å². The topological polar surface area (TPSA) is 50.7 Å². The molecule has 0 heterocycles. The number of allylic oxidation sites excluding steroid dienone is 2. The molecule has 0 bridgehead atoms. The van der Waals surface area contributed by atoms with Crippen LogP contribution in [-0.2, 0) is 4.74 Å². The Labute approximate surface area is 151 Å². The first-order valence-electron chi connectivity index (χ1n) is 8.63. The zero-order chi connectivity index (χ0) is 19.0. The van der Waals surface area contributed by atoms with Gasteiger partial charge >= 0.3 is 6.09 Å². The molecule has 4 heteroatoms. The van der Waals surface area contributed by atoms with E-state index in [1.165, 1.54) is 0 Å². The first-order chi connectivity index (χ1) is 11.7. The van der Waals surface area contributed by atoms with Gasteiger partial charge in [-0.15, -0.1) is 0 Å². The number of alkyl carbamates (subject to hydrolysis) is 1. The lowest BCUT2D eigenvalue weighted by Crippen LogP contribution is -2.38. The molecule has 0 fully saturated rings. The highest BCUT2D eigenvalue weighted by Gasteiger charge is 2.22. The van der Waals surface area contributed by atoms with Crippen molar-refractivity contribution in [3.63, 3.8) is 0 Å². The van der Waals surface area contributed by atoms with Crippen molar-refractivity contribution in [2.75, 3.05) is 0 Å². The number of amides is 1. The molecule has 1 N–H and O–H groups in total. The molecular weight excluding hydrogens is 312 g/mol. The quantitative estimate of drug-likeness (QED) is 0.535. The van der Waals surface area contributed by atoms with Crippen LogP contribution in [0.5, 0.6) is 0 Å². The van der Waals surface area contributed by atoms with Crippen LogP contribution in [0.2, 0.25) is 0 Å². The Morgan fingerprint density at radius 2 is 1.88 bits per heavy atom. The Kier molecular flexibility index (Phi) is 7.62. The van der Waals surface area contributed by atoms with Gasteiger partial charge in [-0.25, -0.2) is 4.79 Å². The van der Waals surface area contributed by atoms with Crippen LogP contribution >= 0.6 is 0 Å². The Hall–Kier alpha value is -2.36. The van der Waals surface area contributed by atoms with Gasteiger partial charge in [0.1, 0.15) is 5.60 Å². The van der Waals surface area contributed by atoms with Crippen molar-refractivity contribution in [1.29, 1.82) is 0 Å². The number of aliphatic imine (C=N–C) groups is 1. The molecule has 0 saturated heterocycles. The van der Waals surface area contributed by atoms with E-state index in [2.05, 4.69) is 30.5 Å². The highest BCUT2D eigenvalue weighted by molar-refractivity contribution is 5.82. The molecule has 1 amide bonds. The number of carbonyl (C=O) groups excluding carboxylic acids is 1. The van der Waals surface area contributed by atoms with Crippen LogP contribution in [0.1, 0.15) is 53.0 Å². The molecule has 4 nitrogen and oxygen atoms in total. The lowest BCUT2D eigenvalue weighted by Gasteiger charge is -2.24. The van der Waals surface area contributed by atoms with Crippen molar-refractivity contribution in [3.05, 3.63) is 53.7 Å². The van der Waals surface area contributed by atoms with E-state index in [1.54, 1.807) is 0 Å². The van der Waals surface area contributed by atoms with Gasteiger partial charge in [-0.2, -0.15) is 0 Å². The van der Waals surface area contributed by atoms with E-state index < -0.39 is 11.7 Å². The minimum Gasteiger partial charge on any atom is -0.444 e. The maximum Gasteiger partial charge on any atom is 0.408 e. The molecule has 0 radical (unpaired) electrons. The lowest BCUT2D eigenvalue weighted by atomic mass is 9.92. The molecule has 136 valence electrons. The van der Waals surface area contributed by atoms with Crippen LogP contribution in [0.15, 0.2) is 53.2 Å². The van der Waals surface area contributed by atoms with Crippen LogP contribution in [-0.4, -0.2) is 24.5 Å². The van der Waals surface area contributed by atoms with Gasteiger partial charge in [0.2, 0.25) is 0 Å². The summed E-state index contributed by atoms with van der Waals surface area (Å²) in [6, 6.07) is 9.59.